The fourth-order valence-corrected chi connectivity index (χ4v) is 6.76. The average molecular weight is 851 g/mol. The Labute approximate surface area is 368 Å². The first kappa shape index (κ1) is 59.1. The molecule has 0 aromatic carbocycles. The highest BCUT2D eigenvalue weighted by Gasteiger charge is 2.12. The van der Waals surface area contributed by atoms with Gasteiger partial charge in [0.1, 0.15) is 25.4 Å². The fourth-order valence-electron chi connectivity index (χ4n) is 6.76. The van der Waals surface area contributed by atoms with Crippen LogP contribution in [0.15, 0.2) is 25.3 Å². The maximum atomic E-state index is 11.6. The first-order valence-electron chi connectivity index (χ1n) is 24.7. The lowest BCUT2D eigenvalue weighted by Crippen LogP contribution is -2.30. The smallest absolute Gasteiger partial charge is 0.407 e. The van der Waals surface area contributed by atoms with Gasteiger partial charge in [0, 0.05) is 25.2 Å². The van der Waals surface area contributed by atoms with Crippen LogP contribution < -0.4 is 10.6 Å². The molecule has 10 heteroatoms. The van der Waals surface area contributed by atoms with Gasteiger partial charge in [0.05, 0.1) is 0 Å². The van der Waals surface area contributed by atoms with Gasteiger partial charge in [0.15, 0.2) is 0 Å². The van der Waals surface area contributed by atoms with Crippen molar-refractivity contribution in [2.45, 2.75) is 245 Å². The van der Waals surface area contributed by atoms with Gasteiger partial charge in [-0.2, -0.15) is 0 Å². The highest BCUT2D eigenvalue weighted by Crippen LogP contribution is 2.15. The van der Waals surface area contributed by atoms with E-state index in [1.165, 1.54) is 180 Å². The predicted octanol–water partition coefficient (Wildman–Crippen LogP) is 14.2. The van der Waals surface area contributed by atoms with Crippen LogP contribution in [0.5, 0.6) is 0 Å². The summed E-state index contributed by atoms with van der Waals surface area (Å²) in [6, 6.07) is 0. The Hall–Kier alpha value is -3.04. The van der Waals surface area contributed by atoms with Crippen molar-refractivity contribution in [2.24, 2.45) is 0 Å². The molecule has 0 aromatic heterocycles. The summed E-state index contributed by atoms with van der Waals surface area (Å²) in [7, 11) is 0. The molecule has 2 unspecified atom stereocenters. The number of carbonyl (C=O) groups is 4. The summed E-state index contributed by atoms with van der Waals surface area (Å²) in [5.74, 6) is -1.03. The second-order valence-corrected chi connectivity index (χ2v) is 16.6. The minimum atomic E-state index is -0.515. The fraction of sp³-hybridized carbons (Fsp3) is 0.840. The summed E-state index contributed by atoms with van der Waals surface area (Å²) < 4.78 is 19.9. The molecule has 0 rings (SSSR count). The average Bonchev–Trinajstić information content (AvgIpc) is 3.24. The zero-order valence-corrected chi connectivity index (χ0v) is 39.4. The molecule has 0 aromatic rings. The highest BCUT2D eigenvalue weighted by atomic mass is 16.6. The molecule has 60 heavy (non-hydrogen) atoms. The molecular formula is C50H94N2O8. The van der Waals surface area contributed by atoms with Crippen molar-refractivity contribution in [3.63, 3.8) is 0 Å². The van der Waals surface area contributed by atoms with Crippen molar-refractivity contribution < 1.29 is 38.1 Å². The van der Waals surface area contributed by atoms with E-state index < -0.39 is 36.3 Å². The molecule has 0 fully saturated rings. The van der Waals surface area contributed by atoms with Gasteiger partial charge in [0.2, 0.25) is 0 Å². The Morgan fingerprint density at radius 2 is 0.617 bits per heavy atom. The minimum absolute atomic E-state index is 0.0390. The van der Waals surface area contributed by atoms with E-state index in [2.05, 4.69) is 37.6 Å². The highest BCUT2D eigenvalue weighted by molar-refractivity contribution is 5.81. The Kier molecular flexibility index (Phi) is 47.9. The van der Waals surface area contributed by atoms with Gasteiger partial charge < -0.3 is 29.6 Å². The standard InChI is InChI=1S/2C25H47NO4/c2*1-4-6-7-8-9-10-11-12-13-14-15-16-17-18-19-20-21-26-25(28)30-23(3)22-29-24(27)5-2/h2*5,23H,2,4,6-22H2,1,3H3,(H,26,28). The number of hydrogen-bond donors (Lipinski definition) is 2. The number of esters is 2. The van der Waals surface area contributed by atoms with Crippen molar-refractivity contribution in [1.82, 2.24) is 10.6 Å². The molecule has 2 N–H and O–H groups in total. The summed E-state index contributed by atoms with van der Waals surface area (Å²) in [6.45, 7) is 15.9. The molecule has 2 atom stereocenters. The molecule has 0 saturated heterocycles. The molecule has 352 valence electrons. The minimum Gasteiger partial charge on any atom is -0.459 e. The van der Waals surface area contributed by atoms with E-state index in [0.29, 0.717) is 13.1 Å². The number of unbranched alkanes of at least 4 members (excludes halogenated alkanes) is 30. The lowest BCUT2D eigenvalue weighted by Gasteiger charge is -2.13. The van der Waals surface area contributed by atoms with Gasteiger partial charge in [-0.15, -0.1) is 0 Å². The van der Waals surface area contributed by atoms with E-state index in [1.54, 1.807) is 13.8 Å². The van der Waals surface area contributed by atoms with Crippen molar-refractivity contribution in [3.8, 4) is 0 Å². The quantitative estimate of drug-likeness (QED) is 0.0269. The molecule has 10 nitrogen and oxygen atoms in total. The molecule has 0 aliphatic heterocycles. The molecule has 0 spiro atoms. The second kappa shape index (κ2) is 48.6. The van der Waals surface area contributed by atoms with Crippen LogP contribution in [-0.2, 0) is 28.5 Å². The largest absolute Gasteiger partial charge is 0.459 e. The van der Waals surface area contributed by atoms with Crippen molar-refractivity contribution >= 4 is 24.1 Å². The van der Waals surface area contributed by atoms with Crippen LogP contribution in [0.25, 0.3) is 0 Å². The summed E-state index contributed by atoms with van der Waals surface area (Å²) in [6.07, 6.45) is 43.0. The molecule has 0 bridgehead atoms. The Morgan fingerprint density at radius 1 is 0.400 bits per heavy atom. The number of carbonyl (C=O) groups excluding carboxylic acids is 4. The zero-order valence-electron chi connectivity index (χ0n) is 39.4. The van der Waals surface area contributed by atoms with Gasteiger partial charge in [-0.3, -0.25) is 0 Å². The summed E-state index contributed by atoms with van der Waals surface area (Å²) in [5.41, 5.74) is 0. The van der Waals surface area contributed by atoms with Crippen molar-refractivity contribution in [3.05, 3.63) is 25.3 Å². The normalized spacial score (nSPS) is 11.7. The second-order valence-electron chi connectivity index (χ2n) is 16.6. The van der Waals surface area contributed by atoms with Crippen molar-refractivity contribution in [1.29, 1.82) is 0 Å². The van der Waals surface area contributed by atoms with Gasteiger partial charge in [-0.05, 0) is 26.7 Å². The lowest BCUT2D eigenvalue weighted by molar-refractivity contribution is -0.141. The Bertz CT molecular complexity index is 929. The van der Waals surface area contributed by atoms with Crippen LogP contribution in [0.2, 0.25) is 0 Å². The number of nitrogens with one attached hydrogen (secondary N) is 2. The van der Waals surface area contributed by atoms with Gasteiger partial charge in [-0.1, -0.05) is 220 Å². The van der Waals surface area contributed by atoms with E-state index in [-0.39, 0.29) is 13.2 Å². The van der Waals surface area contributed by atoms with E-state index in [9.17, 15) is 19.2 Å². The number of hydrogen-bond acceptors (Lipinski definition) is 8. The summed E-state index contributed by atoms with van der Waals surface area (Å²) in [4.78, 5) is 45.2. The maximum Gasteiger partial charge on any atom is 0.407 e. The maximum absolute atomic E-state index is 11.6. The van der Waals surface area contributed by atoms with Crippen LogP contribution in [0.1, 0.15) is 233 Å². The van der Waals surface area contributed by atoms with Crippen molar-refractivity contribution in [2.75, 3.05) is 26.3 Å². The number of alkyl carbamates (subject to hydrolysis) is 2. The molecule has 0 radical (unpaired) electrons. The topological polar surface area (TPSA) is 129 Å². The SMILES string of the molecule is C=CC(=O)OCC(C)OC(=O)NCCCCCCCCCCCCCCCCCC.C=CC(=O)OCC(C)OC(=O)NCCCCCCCCCCCCCCCCCC. The Morgan fingerprint density at radius 3 is 0.833 bits per heavy atom. The van der Waals surface area contributed by atoms with Crippen LogP contribution in [0.4, 0.5) is 9.59 Å². The summed E-state index contributed by atoms with van der Waals surface area (Å²) >= 11 is 0. The number of rotatable bonds is 42. The third kappa shape index (κ3) is 49.3. The molecule has 0 heterocycles. The van der Waals surface area contributed by atoms with E-state index in [0.717, 1.165) is 37.8 Å². The van der Waals surface area contributed by atoms with E-state index >= 15 is 0 Å². The first-order valence-corrected chi connectivity index (χ1v) is 24.7. The van der Waals surface area contributed by atoms with Crippen LogP contribution in [0.3, 0.4) is 0 Å². The third-order valence-corrected chi connectivity index (χ3v) is 10.5. The van der Waals surface area contributed by atoms with E-state index in [1.807, 2.05) is 0 Å². The zero-order chi connectivity index (χ0) is 44.6. The molecular weight excluding hydrogens is 757 g/mol. The van der Waals surface area contributed by atoms with Gasteiger partial charge >= 0.3 is 24.1 Å². The lowest BCUT2D eigenvalue weighted by atomic mass is 10.0. The Balaban J connectivity index is 0. The number of ether oxygens (including phenoxy) is 4. The molecule has 0 saturated carbocycles. The molecule has 0 aliphatic carbocycles. The third-order valence-electron chi connectivity index (χ3n) is 10.5. The van der Waals surface area contributed by atoms with Crippen LogP contribution in [0, 0.1) is 0 Å². The van der Waals surface area contributed by atoms with Crippen LogP contribution in [-0.4, -0.2) is 62.6 Å². The molecule has 2 amide bonds. The summed E-state index contributed by atoms with van der Waals surface area (Å²) in [5, 5.41) is 5.49. The van der Waals surface area contributed by atoms with E-state index in [4.69, 9.17) is 18.9 Å². The van der Waals surface area contributed by atoms with Gasteiger partial charge in [0.25, 0.3) is 0 Å². The first-order chi connectivity index (χ1) is 29.2. The monoisotopic (exact) mass is 851 g/mol. The predicted molar refractivity (Wildman–Crippen MR) is 249 cm³/mol. The van der Waals surface area contributed by atoms with Crippen LogP contribution >= 0.6 is 0 Å². The van der Waals surface area contributed by atoms with Gasteiger partial charge in [-0.25, -0.2) is 19.2 Å². The number of amides is 2. The molecule has 0 aliphatic rings.